The van der Waals surface area contributed by atoms with E-state index >= 15 is 0 Å². The topological polar surface area (TPSA) is 52.0 Å². The van der Waals surface area contributed by atoms with E-state index in [9.17, 15) is 0 Å². The number of rotatable bonds is 3. The van der Waals surface area contributed by atoms with Gasteiger partial charge in [0.2, 0.25) is 0 Å². The van der Waals surface area contributed by atoms with Gasteiger partial charge in [0, 0.05) is 17.3 Å². The molecule has 0 fully saturated rings. The predicted octanol–water partition coefficient (Wildman–Crippen LogP) is 2.68. The highest BCUT2D eigenvalue weighted by Crippen LogP contribution is 2.25. The summed E-state index contributed by atoms with van der Waals surface area (Å²) < 4.78 is 5.28. The van der Waals surface area contributed by atoms with Gasteiger partial charge >= 0.3 is 0 Å². The molecule has 0 saturated heterocycles. The summed E-state index contributed by atoms with van der Waals surface area (Å²) in [5.74, 6) is 0.820. The lowest BCUT2D eigenvalue weighted by molar-refractivity contribution is 0.511. The van der Waals surface area contributed by atoms with Crippen molar-refractivity contribution < 1.29 is 4.42 Å². The van der Waals surface area contributed by atoms with Crippen LogP contribution in [0.3, 0.4) is 0 Å². The van der Waals surface area contributed by atoms with Crippen molar-refractivity contribution in [3.05, 3.63) is 29.5 Å². The SMILES string of the molecule is CC(C)(N)Cc1csc(-c2ccco2)n1. The van der Waals surface area contributed by atoms with E-state index in [0.29, 0.717) is 0 Å². The number of hydrogen-bond donors (Lipinski definition) is 1. The molecule has 2 heterocycles. The van der Waals surface area contributed by atoms with E-state index in [0.717, 1.165) is 22.9 Å². The molecule has 0 aliphatic rings. The summed E-state index contributed by atoms with van der Waals surface area (Å²) in [6, 6.07) is 3.78. The van der Waals surface area contributed by atoms with Crippen molar-refractivity contribution in [3.63, 3.8) is 0 Å². The van der Waals surface area contributed by atoms with Crippen molar-refractivity contribution in [1.82, 2.24) is 4.98 Å². The number of furan rings is 1. The van der Waals surface area contributed by atoms with Gasteiger partial charge < -0.3 is 10.2 Å². The Morgan fingerprint density at radius 3 is 2.93 bits per heavy atom. The predicted molar refractivity (Wildman–Crippen MR) is 61.8 cm³/mol. The van der Waals surface area contributed by atoms with Gasteiger partial charge in [-0.05, 0) is 26.0 Å². The summed E-state index contributed by atoms with van der Waals surface area (Å²) in [5.41, 5.74) is 6.75. The van der Waals surface area contributed by atoms with E-state index < -0.39 is 0 Å². The molecule has 2 rings (SSSR count). The first-order valence-corrected chi connectivity index (χ1v) is 5.70. The monoisotopic (exact) mass is 222 g/mol. The highest BCUT2D eigenvalue weighted by molar-refractivity contribution is 7.13. The van der Waals surface area contributed by atoms with Crippen LogP contribution in [0.25, 0.3) is 10.8 Å². The maximum absolute atomic E-state index is 5.94. The van der Waals surface area contributed by atoms with Gasteiger partial charge in [0.25, 0.3) is 0 Å². The normalized spacial score (nSPS) is 11.9. The second-order valence-corrected chi connectivity index (χ2v) is 5.14. The molecular formula is C11H14N2OS. The molecule has 0 radical (unpaired) electrons. The Kier molecular flexibility index (Phi) is 2.63. The molecule has 15 heavy (non-hydrogen) atoms. The van der Waals surface area contributed by atoms with Crippen molar-refractivity contribution in [2.75, 3.05) is 0 Å². The molecule has 0 spiro atoms. The highest BCUT2D eigenvalue weighted by atomic mass is 32.1. The van der Waals surface area contributed by atoms with Crippen LogP contribution < -0.4 is 5.73 Å². The molecule has 80 valence electrons. The molecule has 0 aliphatic heterocycles. The van der Waals surface area contributed by atoms with E-state index in [2.05, 4.69) is 4.98 Å². The van der Waals surface area contributed by atoms with E-state index in [1.807, 2.05) is 31.4 Å². The van der Waals surface area contributed by atoms with Crippen LogP contribution in [-0.4, -0.2) is 10.5 Å². The van der Waals surface area contributed by atoms with Gasteiger partial charge in [0.05, 0.1) is 12.0 Å². The lowest BCUT2D eigenvalue weighted by Crippen LogP contribution is -2.34. The summed E-state index contributed by atoms with van der Waals surface area (Å²) in [6.07, 6.45) is 2.44. The van der Waals surface area contributed by atoms with Crippen molar-refractivity contribution in [2.24, 2.45) is 5.73 Å². The molecule has 0 unspecified atom stereocenters. The Labute approximate surface area is 92.9 Å². The molecule has 3 nitrogen and oxygen atoms in total. The molecule has 2 N–H and O–H groups in total. The number of thiazole rings is 1. The highest BCUT2D eigenvalue weighted by Gasteiger charge is 2.15. The molecule has 0 saturated carbocycles. The maximum atomic E-state index is 5.94. The standard InChI is InChI=1S/C11H14N2OS/c1-11(2,12)6-8-7-15-10(13-8)9-4-3-5-14-9/h3-5,7H,6,12H2,1-2H3. The second kappa shape index (κ2) is 3.79. The van der Waals surface area contributed by atoms with Crippen LogP contribution >= 0.6 is 11.3 Å². The summed E-state index contributed by atoms with van der Waals surface area (Å²) in [4.78, 5) is 4.48. The zero-order valence-electron chi connectivity index (χ0n) is 8.86. The molecule has 0 atom stereocenters. The molecule has 0 aromatic carbocycles. The van der Waals surface area contributed by atoms with Crippen molar-refractivity contribution >= 4 is 11.3 Å². The number of nitrogens with two attached hydrogens (primary N) is 1. The fourth-order valence-electron chi connectivity index (χ4n) is 1.37. The molecule has 0 aliphatic carbocycles. The Bertz CT molecular complexity index is 426. The maximum Gasteiger partial charge on any atom is 0.162 e. The van der Waals surface area contributed by atoms with Crippen molar-refractivity contribution in [3.8, 4) is 10.8 Å². The molecule has 2 aromatic heterocycles. The summed E-state index contributed by atoms with van der Waals surface area (Å²) in [7, 11) is 0. The number of hydrogen-bond acceptors (Lipinski definition) is 4. The minimum atomic E-state index is -0.214. The van der Waals surface area contributed by atoms with E-state index in [4.69, 9.17) is 10.2 Å². The van der Waals surface area contributed by atoms with Crippen LogP contribution in [-0.2, 0) is 6.42 Å². The smallest absolute Gasteiger partial charge is 0.162 e. The van der Waals surface area contributed by atoms with Crippen LogP contribution in [0.4, 0.5) is 0 Å². The number of aromatic nitrogens is 1. The minimum absolute atomic E-state index is 0.214. The van der Waals surface area contributed by atoms with Crippen LogP contribution in [0.1, 0.15) is 19.5 Å². The zero-order valence-corrected chi connectivity index (χ0v) is 9.67. The third-order valence-electron chi connectivity index (χ3n) is 1.92. The fraction of sp³-hybridized carbons (Fsp3) is 0.364. The van der Waals surface area contributed by atoms with Crippen molar-refractivity contribution in [2.45, 2.75) is 25.8 Å². The Balaban J connectivity index is 2.18. The lowest BCUT2D eigenvalue weighted by Gasteiger charge is -2.15. The van der Waals surface area contributed by atoms with Crippen LogP contribution in [0.15, 0.2) is 28.2 Å². The lowest BCUT2D eigenvalue weighted by atomic mass is 10.0. The quantitative estimate of drug-likeness (QED) is 0.868. The average Bonchev–Trinajstić information content (AvgIpc) is 2.68. The third-order valence-corrected chi connectivity index (χ3v) is 2.83. The fourth-order valence-corrected chi connectivity index (χ4v) is 2.15. The minimum Gasteiger partial charge on any atom is -0.462 e. The van der Waals surface area contributed by atoms with Gasteiger partial charge in [-0.2, -0.15) is 0 Å². The summed E-state index contributed by atoms with van der Waals surface area (Å²) in [5, 5.41) is 2.95. The van der Waals surface area contributed by atoms with Gasteiger partial charge in [0.1, 0.15) is 0 Å². The Morgan fingerprint density at radius 2 is 2.33 bits per heavy atom. The zero-order chi connectivity index (χ0) is 10.9. The van der Waals surface area contributed by atoms with Gasteiger partial charge in [-0.25, -0.2) is 4.98 Å². The average molecular weight is 222 g/mol. The van der Waals surface area contributed by atoms with Gasteiger partial charge in [-0.3, -0.25) is 0 Å². The van der Waals surface area contributed by atoms with E-state index in [-0.39, 0.29) is 5.54 Å². The summed E-state index contributed by atoms with van der Waals surface area (Å²) in [6.45, 7) is 4.00. The van der Waals surface area contributed by atoms with Gasteiger partial charge in [-0.15, -0.1) is 11.3 Å². The van der Waals surface area contributed by atoms with Crippen LogP contribution in [0, 0.1) is 0 Å². The first-order valence-electron chi connectivity index (χ1n) is 4.82. The molecular weight excluding hydrogens is 208 g/mol. The van der Waals surface area contributed by atoms with Gasteiger partial charge in [-0.1, -0.05) is 0 Å². The Hall–Kier alpha value is -1.13. The summed E-state index contributed by atoms with van der Waals surface area (Å²) >= 11 is 1.59. The van der Waals surface area contributed by atoms with E-state index in [1.54, 1.807) is 17.6 Å². The largest absolute Gasteiger partial charge is 0.462 e. The first-order chi connectivity index (χ1) is 7.04. The van der Waals surface area contributed by atoms with Crippen LogP contribution in [0.2, 0.25) is 0 Å². The van der Waals surface area contributed by atoms with E-state index in [1.165, 1.54) is 0 Å². The molecule has 0 amide bonds. The number of nitrogens with zero attached hydrogens (tertiary/aromatic N) is 1. The van der Waals surface area contributed by atoms with Crippen molar-refractivity contribution in [1.29, 1.82) is 0 Å². The first kappa shape index (κ1) is 10.4. The van der Waals surface area contributed by atoms with Crippen LogP contribution in [0.5, 0.6) is 0 Å². The molecule has 2 aromatic rings. The second-order valence-electron chi connectivity index (χ2n) is 4.29. The Morgan fingerprint density at radius 1 is 1.53 bits per heavy atom. The molecule has 4 heteroatoms. The van der Waals surface area contributed by atoms with Gasteiger partial charge in [0.15, 0.2) is 10.8 Å². The third kappa shape index (κ3) is 2.67. The molecule has 0 bridgehead atoms.